The van der Waals surface area contributed by atoms with Gasteiger partial charge in [0.2, 0.25) is 0 Å². The molecule has 2 rings (SSSR count). The van der Waals surface area contributed by atoms with Gasteiger partial charge in [0.15, 0.2) is 0 Å². The van der Waals surface area contributed by atoms with Crippen LogP contribution in [0, 0.1) is 12.7 Å². The summed E-state index contributed by atoms with van der Waals surface area (Å²) in [5.74, 6) is -0.164. The molecule has 1 heterocycles. The molecule has 0 aliphatic carbocycles. The Bertz CT molecular complexity index is 403. The standard InChI is InChI=1S/C15H23FN2/c1-3-8-18-9-4-5-14(17)15(18)13-7-6-12(16)10-11(13)2/h6-7,10,14-15H,3-5,8-9,17H2,1-2H3. The summed E-state index contributed by atoms with van der Waals surface area (Å²) in [7, 11) is 0. The quantitative estimate of drug-likeness (QED) is 0.893. The molecule has 1 aliphatic rings. The molecule has 2 atom stereocenters. The molecule has 18 heavy (non-hydrogen) atoms. The highest BCUT2D eigenvalue weighted by Gasteiger charge is 2.30. The van der Waals surface area contributed by atoms with Crippen LogP contribution in [-0.2, 0) is 0 Å². The molecule has 2 nitrogen and oxygen atoms in total. The fraction of sp³-hybridized carbons (Fsp3) is 0.600. The van der Waals surface area contributed by atoms with E-state index in [0.717, 1.165) is 37.9 Å². The molecular formula is C15H23FN2. The van der Waals surface area contributed by atoms with Gasteiger partial charge in [-0.2, -0.15) is 0 Å². The van der Waals surface area contributed by atoms with E-state index < -0.39 is 0 Å². The van der Waals surface area contributed by atoms with Crippen molar-refractivity contribution >= 4 is 0 Å². The average Bonchev–Trinajstić information content (AvgIpc) is 2.31. The third kappa shape index (κ3) is 2.73. The molecule has 0 aromatic heterocycles. The van der Waals surface area contributed by atoms with Crippen LogP contribution in [0.2, 0.25) is 0 Å². The summed E-state index contributed by atoms with van der Waals surface area (Å²) in [6.07, 6.45) is 3.35. The molecule has 0 amide bonds. The van der Waals surface area contributed by atoms with Crippen molar-refractivity contribution in [1.29, 1.82) is 0 Å². The molecule has 0 spiro atoms. The van der Waals surface area contributed by atoms with Crippen molar-refractivity contribution < 1.29 is 4.39 Å². The van der Waals surface area contributed by atoms with Crippen LogP contribution in [-0.4, -0.2) is 24.0 Å². The monoisotopic (exact) mass is 250 g/mol. The number of nitrogens with two attached hydrogens (primary N) is 1. The number of aryl methyl sites for hydroxylation is 1. The lowest BCUT2D eigenvalue weighted by molar-refractivity contribution is 0.128. The second-order valence-corrected chi connectivity index (χ2v) is 5.29. The Morgan fingerprint density at radius 1 is 1.44 bits per heavy atom. The minimum absolute atomic E-state index is 0.162. The van der Waals surface area contributed by atoms with Crippen molar-refractivity contribution in [1.82, 2.24) is 4.90 Å². The van der Waals surface area contributed by atoms with E-state index in [9.17, 15) is 4.39 Å². The topological polar surface area (TPSA) is 29.3 Å². The maximum Gasteiger partial charge on any atom is 0.123 e. The molecule has 0 radical (unpaired) electrons. The third-order valence-electron chi connectivity index (χ3n) is 3.84. The molecular weight excluding hydrogens is 227 g/mol. The molecule has 1 aromatic rings. The summed E-state index contributed by atoms with van der Waals surface area (Å²) in [4.78, 5) is 2.45. The molecule has 1 aliphatic heterocycles. The first kappa shape index (κ1) is 13.5. The van der Waals surface area contributed by atoms with Crippen LogP contribution < -0.4 is 5.73 Å². The Morgan fingerprint density at radius 3 is 2.89 bits per heavy atom. The van der Waals surface area contributed by atoms with Crippen molar-refractivity contribution in [3.05, 3.63) is 35.1 Å². The smallest absolute Gasteiger partial charge is 0.123 e. The van der Waals surface area contributed by atoms with Gasteiger partial charge >= 0.3 is 0 Å². The first-order valence-corrected chi connectivity index (χ1v) is 6.89. The van der Waals surface area contributed by atoms with Crippen LogP contribution in [0.4, 0.5) is 4.39 Å². The third-order valence-corrected chi connectivity index (χ3v) is 3.84. The number of halogens is 1. The molecule has 2 N–H and O–H groups in total. The summed E-state index contributed by atoms with van der Waals surface area (Å²) < 4.78 is 13.2. The van der Waals surface area contributed by atoms with Crippen molar-refractivity contribution in [2.75, 3.05) is 13.1 Å². The van der Waals surface area contributed by atoms with Crippen molar-refractivity contribution in [3.8, 4) is 0 Å². The Morgan fingerprint density at radius 2 is 2.22 bits per heavy atom. The van der Waals surface area contributed by atoms with Gasteiger partial charge in [-0.05, 0) is 62.5 Å². The number of rotatable bonds is 3. The summed E-state index contributed by atoms with van der Waals surface area (Å²) >= 11 is 0. The number of hydrogen-bond acceptors (Lipinski definition) is 2. The molecule has 0 saturated carbocycles. The molecule has 0 bridgehead atoms. The number of likely N-dealkylation sites (tertiary alicyclic amines) is 1. The van der Waals surface area contributed by atoms with Gasteiger partial charge in [0.25, 0.3) is 0 Å². The minimum atomic E-state index is -0.164. The molecule has 100 valence electrons. The lowest BCUT2D eigenvalue weighted by Gasteiger charge is -2.40. The lowest BCUT2D eigenvalue weighted by Crippen LogP contribution is -2.46. The fourth-order valence-corrected chi connectivity index (χ4v) is 3.03. The highest BCUT2D eigenvalue weighted by Crippen LogP contribution is 2.32. The van der Waals surface area contributed by atoms with Gasteiger partial charge in [-0.1, -0.05) is 13.0 Å². The number of benzene rings is 1. The molecule has 1 fully saturated rings. The van der Waals surface area contributed by atoms with Gasteiger partial charge < -0.3 is 5.73 Å². The lowest BCUT2D eigenvalue weighted by atomic mass is 9.88. The predicted molar refractivity (Wildman–Crippen MR) is 73.0 cm³/mol. The van der Waals surface area contributed by atoms with E-state index in [4.69, 9.17) is 5.73 Å². The minimum Gasteiger partial charge on any atom is -0.326 e. The molecule has 3 heteroatoms. The van der Waals surface area contributed by atoms with Crippen LogP contribution in [0.25, 0.3) is 0 Å². The van der Waals surface area contributed by atoms with Gasteiger partial charge in [-0.3, -0.25) is 4.90 Å². The van der Waals surface area contributed by atoms with E-state index in [1.807, 2.05) is 13.0 Å². The van der Waals surface area contributed by atoms with E-state index in [1.54, 1.807) is 12.1 Å². The summed E-state index contributed by atoms with van der Waals surface area (Å²) in [5.41, 5.74) is 8.51. The second kappa shape index (κ2) is 5.81. The number of piperidine rings is 1. The van der Waals surface area contributed by atoms with Crippen LogP contribution in [0.15, 0.2) is 18.2 Å². The molecule has 2 unspecified atom stereocenters. The fourth-order valence-electron chi connectivity index (χ4n) is 3.03. The Balaban J connectivity index is 2.31. The number of hydrogen-bond donors (Lipinski definition) is 1. The van der Waals surface area contributed by atoms with E-state index in [2.05, 4.69) is 11.8 Å². The normalized spacial score (nSPS) is 25.3. The van der Waals surface area contributed by atoms with Gasteiger partial charge in [-0.25, -0.2) is 4.39 Å². The van der Waals surface area contributed by atoms with E-state index in [1.165, 1.54) is 5.56 Å². The SMILES string of the molecule is CCCN1CCCC(N)C1c1ccc(F)cc1C. The Labute approximate surface area is 109 Å². The van der Waals surface area contributed by atoms with Gasteiger partial charge in [-0.15, -0.1) is 0 Å². The van der Waals surface area contributed by atoms with Gasteiger partial charge in [0.1, 0.15) is 5.82 Å². The zero-order valence-corrected chi connectivity index (χ0v) is 11.3. The first-order valence-electron chi connectivity index (χ1n) is 6.89. The van der Waals surface area contributed by atoms with E-state index in [-0.39, 0.29) is 17.9 Å². The summed E-state index contributed by atoms with van der Waals surface area (Å²) in [6.45, 7) is 6.33. The summed E-state index contributed by atoms with van der Waals surface area (Å²) in [6, 6.07) is 5.48. The molecule has 1 aromatic carbocycles. The second-order valence-electron chi connectivity index (χ2n) is 5.29. The maximum atomic E-state index is 13.2. The molecule has 1 saturated heterocycles. The van der Waals surface area contributed by atoms with Crippen molar-refractivity contribution in [3.63, 3.8) is 0 Å². The van der Waals surface area contributed by atoms with Gasteiger partial charge in [0.05, 0.1) is 6.04 Å². The van der Waals surface area contributed by atoms with E-state index in [0.29, 0.717) is 0 Å². The Hall–Kier alpha value is -0.930. The van der Waals surface area contributed by atoms with Crippen LogP contribution in [0.1, 0.15) is 43.4 Å². The highest BCUT2D eigenvalue weighted by molar-refractivity contribution is 5.31. The van der Waals surface area contributed by atoms with Crippen molar-refractivity contribution in [2.45, 2.75) is 45.2 Å². The zero-order valence-electron chi connectivity index (χ0n) is 11.3. The largest absolute Gasteiger partial charge is 0.326 e. The predicted octanol–water partition coefficient (Wildman–Crippen LogP) is 3.01. The first-order chi connectivity index (χ1) is 8.63. The van der Waals surface area contributed by atoms with Crippen LogP contribution >= 0.6 is 0 Å². The van der Waals surface area contributed by atoms with Crippen LogP contribution in [0.3, 0.4) is 0 Å². The summed E-state index contributed by atoms with van der Waals surface area (Å²) in [5, 5.41) is 0. The van der Waals surface area contributed by atoms with Gasteiger partial charge in [0, 0.05) is 6.04 Å². The zero-order chi connectivity index (χ0) is 13.1. The Kier molecular flexibility index (Phi) is 4.36. The maximum absolute atomic E-state index is 13.2. The van der Waals surface area contributed by atoms with Crippen LogP contribution in [0.5, 0.6) is 0 Å². The number of nitrogens with zero attached hydrogens (tertiary/aromatic N) is 1. The highest BCUT2D eigenvalue weighted by atomic mass is 19.1. The van der Waals surface area contributed by atoms with E-state index >= 15 is 0 Å². The van der Waals surface area contributed by atoms with Crippen molar-refractivity contribution in [2.24, 2.45) is 5.73 Å². The average molecular weight is 250 g/mol.